The maximum Gasteiger partial charge on any atom is 0.352 e. The number of quaternary nitrogens is 1. The Kier molecular flexibility index (Phi) is 6.43. The first-order chi connectivity index (χ1) is 6.81. The largest absolute Gasteiger partial charge is 0.451 e. The van der Waals surface area contributed by atoms with Crippen molar-refractivity contribution in [3.05, 3.63) is 0 Å². The third-order valence-electron chi connectivity index (χ3n) is 1.67. The summed E-state index contributed by atoms with van der Waals surface area (Å²) in [5.74, 6) is 0. The Morgan fingerprint density at radius 3 is 2.27 bits per heavy atom. The third kappa shape index (κ3) is 11.2. The molecule has 0 radical (unpaired) electrons. The Morgan fingerprint density at radius 2 is 1.80 bits per heavy atom. The van der Waals surface area contributed by atoms with Crippen LogP contribution < -0.4 is 0 Å². The molecule has 0 aromatic heterocycles. The maximum atomic E-state index is 5.25. The van der Waals surface area contributed by atoms with Gasteiger partial charge >= 0.3 is 5.24 Å². The molecule has 0 amide bonds. The van der Waals surface area contributed by atoms with Crippen LogP contribution in [0.5, 0.6) is 0 Å². The van der Waals surface area contributed by atoms with E-state index in [1.54, 1.807) is 4.58 Å². The Hall–Kier alpha value is -0.680. The van der Waals surface area contributed by atoms with Gasteiger partial charge in [-0.15, -0.1) is 0 Å². The number of likely N-dealkylation sites (N-methyl/N-ethyl adjacent to an activating group) is 2. The molecule has 0 N–H and O–H groups in total. The van der Waals surface area contributed by atoms with Gasteiger partial charge in [-0.1, -0.05) is 0 Å². The topological polar surface area (TPSA) is 21.5 Å². The molecule has 0 aromatic rings. The predicted octanol–water partition coefficient (Wildman–Crippen LogP) is 0.354. The quantitative estimate of drug-likeness (QED) is 0.286. The molecule has 0 aliphatic carbocycles. The molecule has 0 unspecified atom stereocenters. The lowest BCUT2D eigenvalue weighted by molar-refractivity contribution is -0.870. The first-order valence-corrected chi connectivity index (χ1v) is 5.34. The van der Waals surface area contributed by atoms with E-state index in [2.05, 4.69) is 27.9 Å². The Morgan fingerprint density at radius 1 is 1.27 bits per heavy atom. The van der Waals surface area contributed by atoms with Gasteiger partial charge in [0.2, 0.25) is 0 Å². The van der Waals surface area contributed by atoms with E-state index < -0.39 is 0 Å². The van der Waals surface area contributed by atoms with E-state index in [4.69, 9.17) is 21.7 Å². The van der Waals surface area contributed by atoms with E-state index in [0.717, 1.165) is 17.6 Å². The molecule has 4 nitrogen and oxygen atoms in total. The summed E-state index contributed by atoms with van der Waals surface area (Å²) in [4.78, 5) is 0. The minimum atomic E-state index is 0.227. The zero-order chi connectivity index (χ0) is 11.9. The molecule has 0 fully saturated rings. The van der Waals surface area contributed by atoms with Crippen LogP contribution in [0.2, 0.25) is 0 Å². The minimum absolute atomic E-state index is 0.227. The fourth-order valence-corrected chi connectivity index (χ4v) is 0.896. The smallest absolute Gasteiger partial charge is 0.352 e. The van der Waals surface area contributed by atoms with Gasteiger partial charge in [-0.3, -0.25) is 0 Å². The molecule has 0 rings (SSSR count). The van der Waals surface area contributed by atoms with Gasteiger partial charge in [0.25, 0.3) is 0 Å². The lowest BCUT2D eigenvalue weighted by Gasteiger charge is -2.23. The lowest BCUT2D eigenvalue weighted by atomic mass is 10.5. The molecule has 0 saturated carbocycles. The van der Waals surface area contributed by atoms with Gasteiger partial charge in [-0.2, -0.15) is 0 Å². The molecule has 15 heavy (non-hydrogen) atoms. The molecule has 0 bridgehead atoms. The van der Waals surface area contributed by atoms with E-state index in [0.29, 0.717) is 13.2 Å². The van der Waals surface area contributed by atoms with Crippen LogP contribution >= 0.6 is 12.2 Å². The molecular formula is C10H22N2O2S+2. The normalized spacial score (nSPS) is 10.9. The Labute approximate surface area is 97.7 Å². The van der Waals surface area contributed by atoms with Crippen LogP contribution in [-0.2, 0) is 9.47 Å². The van der Waals surface area contributed by atoms with Crippen LogP contribution in [0.3, 0.4) is 0 Å². The number of thiocarbonyl (C=S) groups is 1. The van der Waals surface area contributed by atoms with Gasteiger partial charge in [0, 0.05) is 12.2 Å². The van der Waals surface area contributed by atoms with Crippen molar-refractivity contribution in [3.8, 4) is 0 Å². The van der Waals surface area contributed by atoms with Gasteiger partial charge in [-0.05, 0) is 0 Å². The maximum absolute atomic E-state index is 5.25. The van der Waals surface area contributed by atoms with Crippen molar-refractivity contribution in [1.29, 1.82) is 0 Å². The molecule has 0 heterocycles. The monoisotopic (exact) mass is 234 g/mol. The molecule has 0 aromatic carbocycles. The van der Waals surface area contributed by atoms with Gasteiger partial charge in [-0.25, -0.2) is 4.58 Å². The van der Waals surface area contributed by atoms with Crippen LogP contribution in [0.1, 0.15) is 0 Å². The van der Waals surface area contributed by atoms with Crippen LogP contribution in [0.25, 0.3) is 0 Å². The summed E-state index contributed by atoms with van der Waals surface area (Å²) in [6.45, 7) is 6.44. The molecule has 0 aliphatic rings. The number of hydrogen-bond donors (Lipinski definition) is 0. The van der Waals surface area contributed by atoms with Crippen molar-refractivity contribution >= 4 is 24.2 Å². The molecule has 88 valence electrons. The average Bonchev–Trinajstić information content (AvgIpc) is 2.00. The number of ether oxygens (including phenoxy) is 2. The van der Waals surface area contributed by atoms with Crippen molar-refractivity contribution in [3.63, 3.8) is 0 Å². The predicted molar refractivity (Wildman–Crippen MR) is 65.6 cm³/mol. The van der Waals surface area contributed by atoms with Gasteiger partial charge < -0.3 is 14.0 Å². The summed E-state index contributed by atoms with van der Waals surface area (Å²) in [5.41, 5.74) is 0. The van der Waals surface area contributed by atoms with Crippen LogP contribution in [-0.4, -0.2) is 75.5 Å². The van der Waals surface area contributed by atoms with Gasteiger partial charge in [0.1, 0.15) is 26.9 Å². The average molecular weight is 234 g/mol. The highest BCUT2D eigenvalue weighted by Gasteiger charge is 2.08. The minimum Gasteiger partial charge on any atom is -0.451 e. The summed E-state index contributed by atoms with van der Waals surface area (Å²) < 4.78 is 13.1. The second-order valence-electron chi connectivity index (χ2n) is 4.54. The highest BCUT2D eigenvalue weighted by molar-refractivity contribution is 7.79. The fourth-order valence-electron chi connectivity index (χ4n) is 0.729. The Balaban J connectivity index is 3.46. The van der Waals surface area contributed by atoms with E-state index in [1.807, 2.05) is 7.05 Å². The van der Waals surface area contributed by atoms with Crippen molar-refractivity contribution in [2.75, 3.05) is 54.5 Å². The van der Waals surface area contributed by atoms with Crippen molar-refractivity contribution in [2.45, 2.75) is 0 Å². The van der Waals surface area contributed by atoms with E-state index in [-0.39, 0.29) is 5.24 Å². The van der Waals surface area contributed by atoms with Crippen molar-refractivity contribution in [2.24, 2.45) is 0 Å². The number of rotatable bonds is 6. The standard InChI is InChI=1S/C10H22N2O2S/c1-11(2)6-8-13-10(15)14-9-7-12(3,4)5/h1,6-9H2,2-5H3/q+2. The second kappa shape index (κ2) is 6.74. The summed E-state index contributed by atoms with van der Waals surface area (Å²) >= 11 is 4.90. The van der Waals surface area contributed by atoms with E-state index in [1.165, 1.54) is 0 Å². The summed E-state index contributed by atoms with van der Waals surface area (Å²) in [6.07, 6.45) is 0. The summed E-state index contributed by atoms with van der Waals surface area (Å²) in [5, 5.41) is 0.227. The van der Waals surface area contributed by atoms with Crippen LogP contribution in [0.15, 0.2) is 0 Å². The zero-order valence-electron chi connectivity index (χ0n) is 10.2. The third-order valence-corrected chi connectivity index (χ3v) is 1.91. The van der Waals surface area contributed by atoms with Gasteiger partial charge in [0.15, 0.2) is 13.2 Å². The molecule has 0 atom stereocenters. The highest BCUT2D eigenvalue weighted by Crippen LogP contribution is 1.92. The van der Waals surface area contributed by atoms with E-state index in [9.17, 15) is 0 Å². The van der Waals surface area contributed by atoms with Crippen LogP contribution in [0.4, 0.5) is 0 Å². The Bertz CT molecular complexity index is 224. The lowest BCUT2D eigenvalue weighted by Crippen LogP contribution is -2.38. The summed E-state index contributed by atoms with van der Waals surface area (Å²) in [6, 6.07) is 0. The zero-order valence-corrected chi connectivity index (χ0v) is 11.0. The molecular weight excluding hydrogens is 212 g/mol. The number of nitrogens with zero attached hydrogens (tertiary/aromatic N) is 2. The molecule has 0 spiro atoms. The van der Waals surface area contributed by atoms with Crippen molar-refractivity contribution < 1.29 is 18.5 Å². The molecule has 5 heteroatoms. The number of hydrogen-bond acceptors (Lipinski definition) is 3. The fraction of sp³-hybridized carbons (Fsp3) is 0.800. The highest BCUT2D eigenvalue weighted by atomic mass is 32.1. The summed E-state index contributed by atoms with van der Waals surface area (Å²) in [7, 11) is 8.19. The second-order valence-corrected chi connectivity index (χ2v) is 4.87. The van der Waals surface area contributed by atoms with E-state index >= 15 is 0 Å². The first-order valence-electron chi connectivity index (χ1n) is 4.93. The van der Waals surface area contributed by atoms with Crippen LogP contribution in [0, 0.1) is 0 Å². The molecule has 0 aliphatic heterocycles. The van der Waals surface area contributed by atoms with Gasteiger partial charge in [0.05, 0.1) is 21.1 Å². The SMILES string of the molecule is C=[N+](C)CCOC(=S)OCC[N+](C)(C)C. The van der Waals surface area contributed by atoms with Crippen molar-refractivity contribution in [1.82, 2.24) is 0 Å². The molecule has 0 saturated heterocycles. The first kappa shape index (κ1) is 14.3.